The van der Waals surface area contributed by atoms with Gasteiger partial charge in [-0.3, -0.25) is 4.79 Å². The van der Waals surface area contributed by atoms with Crippen molar-refractivity contribution in [2.45, 2.75) is 18.4 Å². The highest BCUT2D eigenvalue weighted by Gasteiger charge is 2.53. The van der Waals surface area contributed by atoms with Crippen molar-refractivity contribution in [3.05, 3.63) is 54.1 Å². The molecule has 3 aromatic rings. The molecule has 2 saturated heterocycles. The molecule has 1 spiro atoms. The molecule has 0 unspecified atom stereocenters. The molecule has 5 rings (SSSR count). The largest absolute Gasteiger partial charge is 0.348 e. The molecule has 2 aromatic carbocycles. The molecule has 0 atom stereocenters. The molecule has 2 fully saturated rings. The molecule has 0 radical (unpaired) electrons. The molecular weight excluding hydrogens is 416 g/mol. The number of nitrogens with one attached hydrogen (secondary N) is 1. The molecule has 30 heavy (non-hydrogen) atoms. The molecule has 0 saturated carbocycles. The van der Waals surface area contributed by atoms with Crippen molar-refractivity contribution in [1.82, 2.24) is 10.3 Å². The zero-order chi connectivity index (χ0) is 20.7. The van der Waals surface area contributed by atoms with Crippen molar-refractivity contribution in [3.8, 4) is 11.2 Å². The lowest BCUT2D eigenvalue weighted by Gasteiger charge is -2.37. The van der Waals surface area contributed by atoms with Gasteiger partial charge < -0.3 is 10.2 Å². The summed E-state index contributed by atoms with van der Waals surface area (Å²) in [5.74, 6) is 2.78. The van der Waals surface area contributed by atoms with E-state index in [-0.39, 0.29) is 11.9 Å². The Bertz CT molecular complexity index is 1200. The Morgan fingerprint density at radius 2 is 1.87 bits per heavy atom. The highest BCUT2D eigenvalue weighted by Crippen LogP contribution is 2.36. The Hall–Kier alpha value is -3.02. The average Bonchev–Trinajstić information content (AvgIpc) is 3.28. The van der Waals surface area contributed by atoms with E-state index < -0.39 is 5.54 Å². The average molecular weight is 435 g/mol. The number of anilines is 2. The van der Waals surface area contributed by atoms with Gasteiger partial charge in [-0.25, -0.2) is 14.7 Å². The standard InChI is InChI=1S/C22H18N4O2S2/c27-19-22(24-20(28)26(19)16-4-2-1-3-5-16)9-11-25(12-10-22)21-23-17-7-6-15(8-13-29)14-18(17)30-21/h1-7,14,29H,9-12H2,(H,24,28). The summed E-state index contributed by atoms with van der Waals surface area (Å²) < 4.78 is 1.07. The Kier molecular flexibility index (Phi) is 4.65. The van der Waals surface area contributed by atoms with Crippen molar-refractivity contribution < 1.29 is 9.59 Å². The van der Waals surface area contributed by atoms with Gasteiger partial charge in [0, 0.05) is 18.7 Å². The summed E-state index contributed by atoms with van der Waals surface area (Å²) in [5.41, 5.74) is 1.60. The van der Waals surface area contributed by atoms with E-state index in [2.05, 4.69) is 34.0 Å². The number of thiol groups is 1. The molecule has 0 aliphatic carbocycles. The van der Waals surface area contributed by atoms with Crippen molar-refractivity contribution in [2.24, 2.45) is 0 Å². The van der Waals surface area contributed by atoms with Crippen molar-refractivity contribution >= 4 is 56.9 Å². The monoisotopic (exact) mass is 434 g/mol. The normalized spacial score (nSPS) is 17.9. The van der Waals surface area contributed by atoms with E-state index in [9.17, 15) is 9.59 Å². The maximum Gasteiger partial charge on any atom is 0.329 e. The second-order valence-electron chi connectivity index (χ2n) is 7.39. The van der Waals surface area contributed by atoms with E-state index in [4.69, 9.17) is 4.98 Å². The number of hydrogen-bond donors (Lipinski definition) is 2. The summed E-state index contributed by atoms with van der Waals surface area (Å²) in [5, 5.41) is 6.50. The highest BCUT2D eigenvalue weighted by atomic mass is 32.1. The van der Waals surface area contributed by atoms with Gasteiger partial charge in [-0.2, -0.15) is 0 Å². The number of nitrogens with zero attached hydrogens (tertiary/aromatic N) is 3. The van der Waals surface area contributed by atoms with E-state index >= 15 is 0 Å². The second-order valence-corrected chi connectivity index (χ2v) is 8.62. The minimum atomic E-state index is -0.838. The number of urea groups is 1. The molecule has 2 aliphatic rings. The molecule has 2 aliphatic heterocycles. The Labute approximate surface area is 183 Å². The third-order valence-electron chi connectivity index (χ3n) is 5.64. The van der Waals surface area contributed by atoms with E-state index in [0.717, 1.165) is 20.9 Å². The fourth-order valence-electron chi connectivity index (χ4n) is 4.04. The second kappa shape index (κ2) is 7.35. The number of rotatable bonds is 2. The topological polar surface area (TPSA) is 65.5 Å². The lowest BCUT2D eigenvalue weighted by atomic mass is 9.87. The SMILES string of the molecule is O=C1NC2(CCN(c3nc4ccc(C#CS)cc4s3)CC2)C(=O)N1c1ccccc1. The zero-order valence-corrected chi connectivity index (χ0v) is 17.7. The number of thiazole rings is 1. The van der Waals surface area contributed by atoms with Gasteiger partial charge in [0.2, 0.25) is 0 Å². The first-order valence-electron chi connectivity index (χ1n) is 9.62. The van der Waals surface area contributed by atoms with Gasteiger partial charge in [-0.1, -0.05) is 48.1 Å². The first-order valence-corrected chi connectivity index (χ1v) is 10.9. The maximum absolute atomic E-state index is 13.2. The number of benzene rings is 2. The van der Waals surface area contributed by atoms with Crippen LogP contribution in [-0.2, 0) is 4.79 Å². The first kappa shape index (κ1) is 19.0. The smallest absolute Gasteiger partial charge is 0.329 e. The first-order chi connectivity index (χ1) is 14.6. The minimum absolute atomic E-state index is 0.169. The van der Waals surface area contributed by atoms with Crippen LogP contribution in [0.15, 0.2) is 48.5 Å². The van der Waals surface area contributed by atoms with E-state index in [1.165, 1.54) is 4.90 Å². The van der Waals surface area contributed by atoms with Gasteiger partial charge in [0.05, 0.1) is 15.9 Å². The van der Waals surface area contributed by atoms with Crippen molar-refractivity contribution in [1.29, 1.82) is 0 Å². The van der Waals surface area contributed by atoms with Crippen LogP contribution in [0.3, 0.4) is 0 Å². The fraction of sp³-hybridized carbons (Fsp3) is 0.227. The van der Waals surface area contributed by atoms with E-state index in [1.54, 1.807) is 23.5 Å². The van der Waals surface area contributed by atoms with Crippen LogP contribution in [-0.4, -0.2) is 35.6 Å². The molecule has 1 N–H and O–H groups in total. The third-order valence-corrected chi connectivity index (χ3v) is 6.83. The number of carbonyl (C=O) groups is 2. The summed E-state index contributed by atoms with van der Waals surface area (Å²) in [6.07, 6.45) is 1.10. The molecule has 8 heteroatoms. The number of piperidine rings is 1. The fourth-order valence-corrected chi connectivity index (χ4v) is 5.23. The molecule has 6 nitrogen and oxygen atoms in total. The number of fused-ring (bicyclic) bond motifs is 1. The lowest BCUT2D eigenvalue weighted by Crippen LogP contribution is -2.55. The maximum atomic E-state index is 13.2. The number of carbonyl (C=O) groups excluding carboxylic acids is 2. The Balaban J connectivity index is 1.35. The summed E-state index contributed by atoms with van der Waals surface area (Å²) in [7, 11) is 0. The Morgan fingerprint density at radius 1 is 1.10 bits per heavy atom. The summed E-state index contributed by atoms with van der Waals surface area (Å²) in [6.45, 7) is 1.30. The van der Waals surface area contributed by atoms with Gasteiger partial charge in [0.25, 0.3) is 5.91 Å². The van der Waals surface area contributed by atoms with Crippen LogP contribution in [0, 0.1) is 11.2 Å². The highest BCUT2D eigenvalue weighted by molar-refractivity contribution is 7.85. The number of amides is 3. The van der Waals surface area contributed by atoms with Crippen LogP contribution >= 0.6 is 24.0 Å². The molecule has 3 heterocycles. The van der Waals surface area contributed by atoms with Gasteiger partial charge in [-0.05, 0) is 48.4 Å². The summed E-state index contributed by atoms with van der Waals surface area (Å²) in [4.78, 5) is 33.9. The zero-order valence-electron chi connectivity index (χ0n) is 16.0. The van der Waals surface area contributed by atoms with Crippen LogP contribution in [0.2, 0.25) is 0 Å². The van der Waals surface area contributed by atoms with Gasteiger partial charge in [-0.15, -0.1) is 0 Å². The van der Waals surface area contributed by atoms with Crippen LogP contribution < -0.4 is 15.1 Å². The van der Waals surface area contributed by atoms with Crippen LogP contribution in [0.4, 0.5) is 15.6 Å². The number of hydrogen-bond acceptors (Lipinski definition) is 6. The number of aromatic nitrogens is 1. The molecule has 3 amide bonds. The van der Waals surface area contributed by atoms with Crippen molar-refractivity contribution in [3.63, 3.8) is 0 Å². The minimum Gasteiger partial charge on any atom is -0.348 e. The van der Waals surface area contributed by atoms with Crippen LogP contribution in [0.1, 0.15) is 18.4 Å². The van der Waals surface area contributed by atoms with Gasteiger partial charge >= 0.3 is 6.03 Å². The predicted octanol–water partition coefficient (Wildman–Crippen LogP) is 3.63. The molecular formula is C22H18N4O2S2. The van der Waals surface area contributed by atoms with E-state index in [1.807, 2.05) is 36.4 Å². The molecule has 150 valence electrons. The third kappa shape index (κ3) is 3.11. The predicted molar refractivity (Wildman–Crippen MR) is 122 cm³/mol. The number of para-hydroxylation sites is 1. The number of imide groups is 1. The quantitative estimate of drug-likeness (QED) is 0.367. The summed E-state index contributed by atoms with van der Waals surface area (Å²) >= 11 is 5.57. The van der Waals surface area contributed by atoms with E-state index in [0.29, 0.717) is 31.6 Å². The lowest BCUT2D eigenvalue weighted by molar-refractivity contribution is -0.122. The van der Waals surface area contributed by atoms with Gasteiger partial charge in [0.15, 0.2) is 5.13 Å². The Morgan fingerprint density at radius 3 is 2.60 bits per heavy atom. The van der Waals surface area contributed by atoms with Gasteiger partial charge in [0.1, 0.15) is 5.54 Å². The van der Waals surface area contributed by atoms with Crippen LogP contribution in [0.25, 0.3) is 10.2 Å². The van der Waals surface area contributed by atoms with Crippen LogP contribution in [0.5, 0.6) is 0 Å². The molecule has 0 bridgehead atoms. The summed E-state index contributed by atoms with van der Waals surface area (Å²) in [6, 6.07) is 14.6. The molecule has 1 aromatic heterocycles. The van der Waals surface area contributed by atoms with Crippen molar-refractivity contribution in [2.75, 3.05) is 22.9 Å².